The van der Waals surface area contributed by atoms with Gasteiger partial charge < -0.3 is 20.2 Å². The second kappa shape index (κ2) is 11.3. The minimum atomic E-state index is -0.286. The van der Waals surface area contributed by atoms with Crippen molar-refractivity contribution < 1.29 is 19.5 Å². The average Bonchev–Trinajstić information content (AvgIpc) is 3.26. The summed E-state index contributed by atoms with van der Waals surface area (Å²) in [6.07, 6.45) is 4.66. The van der Waals surface area contributed by atoms with E-state index in [0.29, 0.717) is 18.5 Å². The Kier molecular flexibility index (Phi) is 7.95. The highest BCUT2D eigenvalue weighted by molar-refractivity contribution is 6.01. The number of amides is 2. The van der Waals surface area contributed by atoms with Gasteiger partial charge in [-0.1, -0.05) is 60.5 Å². The van der Waals surface area contributed by atoms with Crippen molar-refractivity contribution in [3.8, 4) is 11.1 Å². The maximum Gasteiger partial charge on any atom is 0.254 e. The van der Waals surface area contributed by atoms with E-state index in [2.05, 4.69) is 10.5 Å². The van der Waals surface area contributed by atoms with Crippen LogP contribution in [0.5, 0.6) is 0 Å². The van der Waals surface area contributed by atoms with E-state index in [9.17, 15) is 14.7 Å². The van der Waals surface area contributed by atoms with Crippen molar-refractivity contribution in [2.75, 3.05) is 20.3 Å². The van der Waals surface area contributed by atoms with E-state index in [-0.39, 0.29) is 42.8 Å². The van der Waals surface area contributed by atoms with Crippen LogP contribution in [-0.4, -0.2) is 59.9 Å². The van der Waals surface area contributed by atoms with Crippen LogP contribution in [0.3, 0.4) is 0 Å². The third-order valence-electron chi connectivity index (χ3n) is 6.90. The quantitative estimate of drug-likeness (QED) is 0.614. The molecule has 0 bridgehead atoms. The van der Waals surface area contributed by atoms with Crippen molar-refractivity contribution in [2.24, 2.45) is 11.1 Å². The lowest BCUT2D eigenvalue weighted by atomic mass is 9.85. The third-order valence-corrected chi connectivity index (χ3v) is 6.90. The number of rotatable bonds is 7. The van der Waals surface area contributed by atoms with Crippen LogP contribution in [0.4, 0.5) is 0 Å². The van der Waals surface area contributed by atoms with Crippen LogP contribution in [0.2, 0.25) is 0 Å². The highest BCUT2D eigenvalue weighted by Gasteiger charge is 2.36. The monoisotopic (exact) mass is 463 g/mol. The Balaban J connectivity index is 1.45. The van der Waals surface area contributed by atoms with Crippen molar-refractivity contribution in [2.45, 2.75) is 50.6 Å². The summed E-state index contributed by atoms with van der Waals surface area (Å²) in [5, 5.41) is 16.8. The molecule has 0 unspecified atom stereocenters. The van der Waals surface area contributed by atoms with Crippen molar-refractivity contribution >= 4 is 17.5 Å². The minimum Gasteiger partial charge on any atom is -0.399 e. The number of benzene rings is 2. The fraction of sp³-hybridized carbons (Fsp3) is 0.444. The molecule has 2 aromatic carbocycles. The first-order chi connectivity index (χ1) is 16.6. The molecule has 0 spiro atoms. The number of hydrogen-bond acceptors (Lipinski definition) is 5. The molecular weight excluding hydrogens is 430 g/mol. The molecule has 2 fully saturated rings. The first kappa shape index (κ1) is 24.0. The molecule has 1 aliphatic heterocycles. The summed E-state index contributed by atoms with van der Waals surface area (Å²) >= 11 is 0. The summed E-state index contributed by atoms with van der Waals surface area (Å²) in [5.41, 5.74) is 3.47. The zero-order valence-corrected chi connectivity index (χ0v) is 19.7. The van der Waals surface area contributed by atoms with E-state index in [1.165, 1.54) is 7.11 Å². The van der Waals surface area contributed by atoms with Crippen LogP contribution in [0.15, 0.2) is 59.8 Å². The molecule has 1 heterocycles. The second-order valence-electron chi connectivity index (χ2n) is 9.18. The number of carbonyl (C=O) groups excluding carboxylic acids is 2. The van der Waals surface area contributed by atoms with Crippen molar-refractivity contribution in [3.63, 3.8) is 0 Å². The van der Waals surface area contributed by atoms with Gasteiger partial charge in [0.2, 0.25) is 5.91 Å². The number of carbonyl (C=O) groups is 2. The van der Waals surface area contributed by atoms with E-state index < -0.39 is 0 Å². The lowest BCUT2D eigenvalue weighted by Crippen LogP contribution is -2.46. The van der Waals surface area contributed by atoms with Gasteiger partial charge in [-0.25, -0.2) is 0 Å². The SMILES string of the molecule is CON=C1C[C@@H](CC(=O)N[C@@H]2CCCC[C@@H]2CO)N(C(=O)c2ccc(-c3ccccc3)cc2)C1. The number of nitrogens with one attached hydrogen (secondary N) is 1. The van der Waals surface area contributed by atoms with Gasteiger partial charge in [0.15, 0.2) is 0 Å². The Labute approximate surface area is 200 Å². The van der Waals surface area contributed by atoms with Crippen LogP contribution in [-0.2, 0) is 9.63 Å². The molecule has 1 saturated heterocycles. The molecule has 4 rings (SSSR count). The maximum absolute atomic E-state index is 13.4. The topological polar surface area (TPSA) is 91.2 Å². The second-order valence-corrected chi connectivity index (χ2v) is 9.18. The molecule has 180 valence electrons. The summed E-state index contributed by atoms with van der Waals surface area (Å²) < 4.78 is 0. The van der Waals surface area contributed by atoms with Gasteiger partial charge in [0, 0.05) is 43.0 Å². The molecule has 2 aliphatic rings. The van der Waals surface area contributed by atoms with E-state index in [1.54, 1.807) is 4.90 Å². The summed E-state index contributed by atoms with van der Waals surface area (Å²) in [4.78, 5) is 33.0. The van der Waals surface area contributed by atoms with Crippen LogP contribution < -0.4 is 5.32 Å². The normalized spacial score (nSPS) is 23.6. The first-order valence-corrected chi connectivity index (χ1v) is 12.0. The third kappa shape index (κ3) is 5.65. The van der Waals surface area contributed by atoms with Crippen molar-refractivity contribution in [3.05, 3.63) is 60.2 Å². The number of oxime groups is 1. The predicted molar refractivity (Wildman–Crippen MR) is 131 cm³/mol. The van der Waals surface area contributed by atoms with Gasteiger partial charge in [-0.05, 0) is 36.1 Å². The number of aliphatic hydroxyl groups excluding tert-OH is 1. The summed E-state index contributed by atoms with van der Waals surface area (Å²) in [7, 11) is 1.49. The van der Waals surface area contributed by atoms with Crippen LogP contribution in [0.25, 0.3) is 11.1 Å². The van der Waals surface area contributed by atoms with Gasteiger partial charge in [0.05, 0.1) is 12.3 Å². The fourth-order valence-corrected chi connectivity index (χ4v) is 5.09. The standard InChI is InChI=1S/C27H33N3O4/c1-34-29-23-15-24(16-26(32)28-25-10-6-5-9-22(25)18-31)30(17-23)27(33)21-13-11-20(12-14-21)19-7-3-2-4-8-19/h2-4,7-8,11-14,22,24-25,31H,5-6,9-10,15-18H2,1H3,(H,28,32)/t22-,24+,25-/m1/s1. The lowest BCUT2D eigenvalue weighted by Gasteiger charge is -2.31. The molecule has 1 aliphatic carbocycles. The highest BCUT2D eigenvalue weighted by atomic mass is 16.6. The molecule has 7 nitrogen and oxygen atoms in total. The van der Waals surface area contributed by atoms with E-state index in [4.69, 9.17) is 4.84 Å². The smallest absolute Gasteiger partial charge is 0.254 e. The zero-order chi connectivity index (χ0) is 23.9. The van der Waals surface area contributed by atoms with Crippen molar-refractivity contribution in [1.82, 2.24) is 10.2 Å². The molecule has 0 aromatic heterocycles. The Morgan fingerprint density at radius 2 is 1.76 bits per heavy atom. The average molecular weight is 464 g/mol. The number of hydrogen-bond donors (Lipinski definition) is 2. The van der Waals surface area contributed by atoms with Gasteiger partial charge in [0.1, 0.15) is 7.11 Å². The summed E-state index contributed by atoms with van der Waals surface area (Å²) in [5.74, 6) is -0.108. The largest absolute Gasteiger partial charge is 0.399 e. The molecule has 0 radical (unpaired) electrons. The Bertz CT molecular complexity index is 1010. The van der Waals surface area contributed by atoms with E-state index >= 15 is 0 Å². The lowest BCUT2D eigenvalue weighted by molar-refractivity contribution is -0.123. The Morgan fingerprint density at radius 1 is 1.06 bits per heavy atom. The molecule has 3 atom stereocenters. The molecule has 1 saturated carbocycles. The van der Waals surface area contributed by atoms with E-state index in [0.717, 1.165) is 42.5 Å². The van der Waals surface area contributed by atoms with Gasteiger partial charge in [0.25, 0.3) is 5.91 Å². The van der Waals surface area contributed by atoms with Crippen LogP contribution in [0, 0.1) is 5.92 Å². The van der Waals surface area contributed by atoms with Crippen molar-refractivity contribution in [1.29, 1.82) is 0 Å². The Morgan fingerprint density at radius 3 is 2.47 bits per heavy atom. The molecule has 2 aromatic rings. The zero-order valence-electron chi connectivity index (χ0n) is 19.7. The van der Waals surface area contributed by atoms with Gasteiger partial charge >= 0.3 is 0 Å². The van der Waals surface area contributed by atoms with E-state index in [1.807, 2.05) is 54.6 Å². The highest BCUT2D eigenvalue weighted by Crippen LogP contribution is 2.26. The molecule has 2 amide bonds. The molecule has 34 heavy (non-hydrogen) atoms. The van der Waals surface area contributed by atoms with Gasteiger partial charge in [-0.2, -0.15) is 0 Å². The molecule has 2 N–H and O–H groups in total. The number of aliphatic hydroxyl groups is 1. The Hall–Kier alpha value is -3.19. The van der Waals surface area contributed by atoms with Crippen LogP contribution in [0.1, 0.15) is 48.9 Å². The number of likely N-dealkylation sites (tertiary alicyclic amines) is 1. The number of nitrogens with zero attached hydrogens (tertiary/aromatic N) is 2. The maximum atomic E-state index is 13.4. The molecular formula is C27H33N3O4. The van der Waals surface area contributed by atoms with Gasteiger partial charge in [-0.15, -0.1) is 0 Å². The minimum absolute atomic E-state index is 0.00514. The summed E-state index contributed by atoms with van der Waals surface area (Å²) in [6.45, 7) is 0.427. The van der Waals surface area contributed by atoms with Crippen LogP contribution >= 0.6 is 0 Å². The summed E-state index contributed by atoms with van der Waals surface area (Å²) in [6, 6.07) is 17.3. The first-order valence-electron chi connectivity index (χ1n) is 12.0. The molecule has 7 heteroatoms. The van der Waals surface area contributed by atoms with Gasteiger partial charge in [-0.3, -0.25) is 9.59 Å². The predicted octanol–water partition coefficient (Wildman–Crippen LogP) is 3.63. The fourth-order valence-electron chi connectivity index (χ4n) is 5.09.